The maximum atomic E-state index is 14.1. The number of unbranched alkanes of at least 4 members (excludes halogenated alkanes) is 1. The van der Waals surface area contributed by atoms with Gasteiger partial charge in [0.1, 0.15) is 5.82 Å². The first-order valence-electron chi connectivity index (χ1n) is 7.20. The van der Waals surface area contributed by atoms with Crippen molar-refractivity contribution in [1.29, 1.82) is 0 Å². The number of aromatic carboxylic acids is 1. The Kier molecular flexibility index (Phi) is 5.26. The van der Waals surface area contributed by atoms with Crippen LogP contribution in [0.4, 0.5) is 24.5 Å². The van der Waals surface area contributed by atoms with Gasteiger partial charge < -0.3 is 10.4 Å². The number of nitrogens with one attached hydrogen (secondary N) is 1. The molecule has 0 saturated heterocycles. The first kappa shape index (κ1) is 16.9. The average molecular weight is 323 g/mol. The number of rotatable bonds is 6. The molecule has 2 N–H and O–H groups in total. The summed E-state index contributed by atoms with van der Waals surface area (Å²) >= 11 is 0. The molecule has 0 unspecified atom stereocenters. The zero-order valence-electron chi connectivity index (χ0n) is 12.5. The van der Waals surface area contributed by atoms with Crippen LogP contribution in [0.2, 0.25) is 0 Å². The number of carbonyl (C=O) groups is 1. The van der Waals surface area contributed by atoms with E-state index >= 15 is 0 Å². The molecule has 0 heterocycles. The van der Waals surface area contributed by atoms with Gasteiger partial charge in [-0.05, 0) is 42.7 Å². The molecule has 0 atom stereocenters. The smallest absolute Gasteiger partial charge is 0.337 e. The normalized spacial score (nSPS) is 10.6. The number of carboxylic acids is 1. The molecule has 0 radical (unpaired) electrons. The van der Waals surface area contributed by atoms with Gasteiger partial charge in [0.25, 0.3) is 0 Å². The molecule has 0 aromatic heterocycles. The van der Waals surface area contributed by atoms with Gasteiger partial charge in [-0.25, -0.2) is 18.0 Å². The van der Waals surface area contributed by atoms with Crippen LogP contribution >= 0.6 is 0 Å². The van der Waals surface area contributed by atoms with Crippen molar-refractivity contribution in [3.05, 3.63) is 58.9 Å². The number of halogens is 3. The number of hydrogen-bond acceptors (Lipinski definition) is 2. The molecule has 0 fully saturated rings. The van der Waals surface area contributed by atoms with Crippen LogP contribution in [0, 0.1) is 17.5 Å². The summed E-state index contributed by atoms with van der Waals surface area (Å²) in [5, 5.41) is 11.4. The average Bonchev–Trinajstić information content (AvgIpc) is 2.51. The fourth-order valence-electron chi connectivity index (χ4n) is 2.18. The molecule has 122 valence electrons. The van der Waals surface area contributed by atoms with Crippen LogP contribution < -0.4 is 5.32 Å². The summed E-state index contributed by atoms with van der Waals surface area (Å²) in [6.45, 7) is 2.02. The van der Waals surface area contributed by atoms with Crippen molar-refractivity contribution in [2.24, 2.45) is 0 Å². The van der Waals surface area contributed by atoms with Crippen LogP contribution in [0.25, 0.3) is 0 Å². The summed E-state index contributed by atoms with van der Waals surface area (Å²) in [6, 6.07) is 6.00. The van der Waals surface area contributed by atoms with Crippen molar-refractivity contribution in [3.8, 4) is 0 Å². The number of carboxylic acid groups (broad SMARTS) is 1. The van der Waals surface area contributed by atoms with Gasteiger partial charge in [0.2, 0.25) is 0 Å². The highest BCUT2D eigenvalue weighted by molar-refractivity contribution is 5.95. The lowest BCUT2D eigenvalue weighted by Crippen LogP contribution is -2.07. The third kappa shape index (κ3) is 3.83. The van der Waals surface area contributed by atoms with Crippen LogP contribution in [0.5, 0.6) is 0 Å². The van der Waals surface area contributed by atoms with E-state index < -0.39 is 34.7 Å². The third-order valence-electron chi connectivity index (χ3n) is 3.44. The molecule has 0 spiro atoms. The molecular weight excluding hydrogens is 307 g/mol. The van der Waals surface area contributed by atoms with Crippen molar-refractivity contribution in [3.63, 3.8) is 0 Å². The Morgan fingerprint density at radius 3 is 2.48 bits per heavy atom. The lowest BCUT2D eigenvalue weighted by atomic mass is 10.1. The number of benzene rings is 2. The highest BCUT2D eigenvalue weighted by Gasteiger charge is 2.19. The zero-order chi connectivity index (χ0) is 17.0. The van der Waals surface area contributed by atoms with E-state index in [1.807, 2.05) is 6.92 Å². The Morgan fingerprint density at radius 2 is 1.87 bits per heavy atom. The Bertz CT molecular complexity index is 732. The van der Waals surface area contributed by atoms with Crippen LogP contribution in [-0.2, 0) is 6.42 Å². The maximum absolute atomic E-state index is 14.1. The minimum absolute atomic E-state index is 0.114. The van der Waals surface area contributed by atoms with Crippen molar-refractivity contribution >= 4 is 17.3 Å². The van der Waals surface area contributed by atoms with E-state index in [9.17, 15) is 18.0 Å². The van der Waals surface area contributed by atoms with Crippen molar-refractivity contribution in [2.75, 3.05) is 5.32 Å². The van der Waals surface area contributed by atoms with Gasteiger partial charge in [-0.2, -0.15) is 0 Å². The summed E-state index contributed by atoms with van der Waals surface area (Å²) < 4.78 is 41.3. The second-order valence-corrected chi connectivity index (χ2v) is 5.13. The molecule has 2 aromatic rings. The third-order valence-corrected chi connectivity index (χ3v) is 3.44. The SMILES string of the molecule is CCCCc1ccc(Nc2c(C(=O)O)ccc(F)c2F)c(F)c1. The predicted molar refractivity (Wildman–Crippen MR) is 81.6 cm³/mol. The maximum Gasteiger partial charge on any atom is 0.337 e. The summed E-state index contributed by atoms with van der Waals surface area (Å²) in [6.07, 6.45) is 2.59. The van der Waals surface area contributed by atoms with Crippen molar-refractivity contribution in [1.82, 2.24) is 0 Å². The van der Waals surface area contributed by atoms with E-state index in [1.54, 1.807) is 6.07 Å². The standard InChI is InChI=1S/C17H16F3NO2/c1-2-3-4-10-5-8-14(13(19)9-10)21-16-11(17(22)23)6-7-12(18)15(16)20/h5-9,21H,2-4H2,1H3,(H,22,23). The molecule has 0 aliphatic carbocycles. The molecule has 0 amide bonds. The number of hydrogen-bond donors (Lipinski definition) is 2. The molecular formula is C17H16F3NO2. The van der Waals surface area contributed by atoms with Gasteiger partial charge in [0.05, 0.1) is 16.9 Å². The monoisotopic (exact) mass is 323 g/mol. The van der Waals surface area contributed by atoms with Gasteiger partial charge in [0.15, 0.2) is 11.6 Å². The number of aryl methyl sites for hydroxylation is 1. The van der Waals surface area contributed by atoms with E-state index in [0.717, 1.165) is 24.5 Å². The van der Waals surface area contributed by atoms with Crippen LogP contribution in [0.3, 0.4) is 0 Å². The fraction of sp³-hybridized carbons (Fsp3) is 0.235. The second kappa shape index (κ2) is 7.17. The van der Waals surface area contributed by atoms with E-state index in [0.29, 0.717) is 12.5 Å². The van der Waals surface area contributed by atoms with Gasteiger partial charge in [-0.15, -0.1) is 0 Å². The van der Waals surface area contributed by atoms with E-state index in [4.69, 9.17) is 5.11 Å². The summed E-state index contributed by atoms with van der Waals surface area (Å²) in [7, 11) is 0. The quantitative estimate of drug-likeness (QED) is 0.796. The largest absolute Gasteiger partial charge is 0.478 e. The Hall–Kier alpha value is -2.50. The lowest BCUT2D eigenvalue weighted by molar-refractivity contribution is 0.0697. The lowest BCUT2D eigenvalue weighted by Gasteiger charge is -2.13. The molecule has 2 rings (SSSR count). The molecule has 3 nitrogen and oxygen atoms in total. The van der Waals surface area contributed by atoms with E-state index in [1.165, 1.54) is 12.1 Å². The first-order valence-corrected chi connectivity index (χ1v) is 7.20. The summed E-state index contributed by atoms with van der Waals surface area (Å²) in [5.41, 5.74) is -0.401. The molecule has 0 bridgehead atoms. The first-order chi connectivity index (χ1) is 10.9. The minimum atomic E-state index is -1.44. The molecule has 0 aliphatic rings. The molecule has 6 heteroatoms. The Labute approximate surface area is 131 Å². The van der Waals surface area contributed by atoms with Gasteiger partial charge >= 0.3 is 5.97 Å². The van der Waals surface area contributed by atoms with Gasteiger partial charge in [-0.3, -0.25) is 0 Å². The van der Waals surface area contributed by atoms with Crippen molar-refractivity contribution in [2.45, 2.75) is 26.2 Å². The summed E-state index contributed by atoms with van der Waals surface area (Å²) in [4.78, 5) is 11.1. The van der Waals surface area contributed by atoms with Crippen LogP contribution in [0.15, 0.2) is 30.3 Å². The summed E-state index contributed by atoms with van der Waals surface area (Å²) in [5.74, 6) is -4.66. The van der Waals surface area contributed by atoms with E-state index in [-0.39, 0.29) is 5.69 Å². The number of anilines is 2. The minimum Gasteiger partial charge on any atom is -0.478 e. The Balaban J connectivity index is 2.36. The molecule has 23 heavy (non-hydrogen) atoms. The highest BCUT2D eigenvalue weighted by Crippen LogP contribution is 2.28. The van der Waals surface area contributed by atoms with Gasteiger partial charge in [-0.1, -0.05) is 19.4 Å². The molecule has 0 saturated carbocycles. The topological polar surface area (TPSA) is 49.3 Å². The van der Waals surface area contributed by atoms with E-state index in [2.05, 4.69) is 5.32 Å². The fourth-order valence-corrected chi connectivity index (χ4v) is 2.18. The highest BCUT2D eigenvalue weighted by atomic mass is 19.2. The van der Waals surface area contributed by atoms with Gasteiger partial charge in [0, 0.05) is 0 Å². The van der Waals surface area contributed by atoms with Crippen molar-refractivity contribution < 1.29 is 23.1 Å². The van der Waals surface area contributed by atoms with Crippen LogP contribution in [-0.4, -0.2) is 11.1 Å². The predicted octanol–water partition coefficient (Wildman–Crippen LogP) is 4.89. The Morgan fingerprint density at radius 1 is 1.13 bits per heavy atom. The molecule has 2 aromatic carbocycles. The van der Waals surface area contributed by atoms with Crippen LogP contribution in [0.1, 0.15) is 35.7 Å². The zero-order valence-corrected chi connectivity index (χ0v) is 12.5. The molecule has 0 aliphatic heterocycles. The second-order valence-electron chi connectivity index (χ2n) is 5.13.